The fourth-order valence-corrected chi connectivity index (χ4v) is 2.68. The first-order valence-corrected chi connectivity index (χ1v) is 8.19. The van der Waals surface area contributed by atoms with Gasteiger partial charge in [-0.25, -0.2) is 0 Å². The van der Waals surface area contributed by atoms with Crippen LogP contribution in [0.15, 0.2) is 24.3 Å². The lowest BCUT2D eigenvalue weighted by molar-refractivity contribution is -0.0498. The molecule has 114 valence electrons. The van der Waals surface area contributed by atoms with Gasteiger partial charge in [0.1, 0.15) is 5.75 Å². The van der Waals surface area contributed by atoms with Crippen LogP contribution in [-0.2, 0) is 6.42 Å². The Kier molecular flexibility index (Phi) is 7.92. The van der Waals surface area contributed by atoms with Gasteiger partial charge < -0.3 is 10.1 Å². The first kappa shape index (κ1) is 17.2. The number of thioether (sulfide) groups is 1. The van der Waals surface area contributed by atoms with E-state index in [2.05, 4.69) is 30.2 Å². The number of hydrogen-bond acceptors (Lipinski definition) is 3. The van der Waals surface area contributed by atoms with Gasteiger partial charge in [0.25, 0.3) is 0 Å². The average molecular weight is 303 g/mol. The second-order valence-corrected chi connectivity index (χ2v) is 5.90. The van der Waals surface area contributed by atoms with Crippen LogP contribution in [0.25, 0.3) is 0 Å². The van der Waals surface area contributed by atoms with Crippen molar-refractivity contribution in [2.24, 2.45) is 0 Å². The van der Waals surface area contributed by atoms with Crippen molar-refractivity contribution in [1.29, 1.82) is 0 Å². The van der Waals surface area contributed by atoms with E-state index in [9.17, 15) is 8.78 Å². The van der Waals surface area contributed by atoms with Crippen LogP contribution in [0.2, 0.25) is 0 Å². The second kappa shape index (κ2) is 9.19. The number of benzene rings is 1. The molecule has 20 heavy (non-hydrogen) atoms. The standard InChI is InChI=1S/C15H23F2NOS/c1-11(18-12(2)10-20-3)4-5-13-6-8-14(9-7-13)19-15(16)17/h6-9,11-12,15,18H,4-5,10H2,1-3H3. The van der Waals surface area contributed by atoms with E-state index in [1.807, 2.05) is 23.9 Å². The second-order valence-electron chi connectivity index (χ2n) is 4.99. The van der Waals surface area contributed by atoms with Crippen molar-refractivity contribution in [3.63, 3.8) is 0 Å². The van der Waals surface area contributed by atoms with E-state index < -0.39 is 6.61 Å². The molecule has 0 saturated carbocycles. The third kappa shape index (κ3) is 7.10. The predicted octanol–water partition coefficient (Wildman–Crippen LogP) is 3.95. The zero-order chi connectivity index (χ0) is 15.0. The molecule has 0 bridgehead atoms. The summed E-state index contributed by atoms with van der Waals surface area (Å²) in [6, 6.07) is 7.81. The smallest absolute Gasteiger partial charge is 0.387 e. The van der Waals surface area contributed by atoms with Crippen molar-refractivity contribution in [1.82, 2.24) is 5.32 Å². The van der Waals surface area contributed by atoms with Gasteiger partial charge in [0, 0.05) is 17.8 Å². The first-order valence-electron chi connectivity index (χ1n) is 6.80. The number of aryl methyl sites for hydroxylation is 1. The molecule has 2 unspecified atom stereocenters. The summed E-state index contributed by atoms with van der Waals surface area (Å²) in [4.78, 5) is 0. The topological polar surface area (TPSA) is 21.3 Å². The summed E-state index contributed by atoms with van der Waals surface area (Å²) in [7, 11) is 0. The number of rotatable bonds is 9. The average Bonchev–Trinajstić information content (AvgIpc) is 2.37. The van der Waals surface area contributed by atoms with Crippen molar-refractivity contribution < 1.29 is 13.5 Å². The highest BCUT2D eigenvalue weighted by atomic mass is 32.2. The molecule has 1 aromatic carbocycles. The van der Waals surface area contributed by atoms with Crippen LogP contribution in [0.5, 0.6) is 5.75 Å². The molecule has 0 fully saturated rings. The summed E-state index contributed by atoms with van der Waals surface area (Å²) < 4.78 is 28.4. The third-order valence-electron chi connectivity index (χ3n) is 3.00. The summed E-state index contributed by atoms with van der Waals surface area (Å²) in [6.45, 7) is 1.59. The van der Waals surface area contributed by atoms with Crippen molar-refractivity contribution in [2.75, 3.05) is 12.0 Å². The lowest BCUT2D eigenvalue weighted by Crippen LogP contribution is -2.36. The SMILES string of the molecule is CSCC(C)NC(C)CCc1ccc(OC(F)F)cc1. The zero-order valence-electron chi connectivity index (χ0n) is 12.2. The highest BCUT2D eigenvalue weighted by Crippen LogP contribution is 2.16. The minimum atomic E-state index is -2.76. The molecule has 0 aliphatic carbocycles. The Morgan fingerprint density at radius 2 is 1.80 bits per heavy atom. The maximum atomic E-state index is 12.0. The van der Waals surface area contributed by atoms with Gasteiger partial charge in [-0.2, -0.15) is 20.5 Å². The van der Waals surface area contributed by atoms with Gasteiger partial charge in [-0.05, 0) is 50.6 Å². The molecule has 2 nitrogen and oxygen atoms in total. The van der Waals surface area contributed by atoms with E-state index in [4.69, 9.17) is 0 Å². The van der Waals surface area contributed by atoms with Crippen molar-refractivity contribution in [3.8, 4) is 5.75 Å². The van der Waals surface area contributed by atoms with Gasteiger partial charge >= 0.3 is 6.61 Å². The highest BCUT2D eigenvalue weighted by molar-refractivity contribution is 7.98. The zero-order valence-corrected chi connectivity index (χ0v) is 13.1. The Labute approximate surface area is 124 Å². The van der Waals surface area contributed by atoms with Crippen LogP contribution >= 0.6 is 11.8 Å². The molecule has 0 heterocycles. The Bertz CT molecular complexity index is 373. The normalized spacial score (nSPS) is 14.3. The molecule has 1 rings (SSSR count). The van der Waals surface area contributed by atoms with Crippen LogP contribution < -0.4 is 10.1 Å². The fraction of sp³-hybridized carbons (Fsp3) is 0.600. The van der Waals surface area contributed by atoms with Crippen LogP contribution in [0.1, 0.15) is 25.8 Å². The predicted molar refractivity (Wildman–Crippen MR) is 81.8 cm³/mol. The minimum absolute atomic E-state index is 0.212. The summed E-state index contributed by atoms with van der Waals surface area (Å²) in [5, 5.41) is 3.54. The van der Waals surface area contributed by atoms with E-state index in [1.54, 1.807) is 12.1 Å². The van der Waals surface area contributed by atoms with E-state index in [-0.39, 0.29) is 5.75 Å². The van der Waals surface area contributed by atoms with E-state index in [0.717, 1.165) is 24.2 Å². The van der Waals surface area contributed by atoms with Crippen LogP contribution in [-0.4, -0.2) is 30.7 Å². The van der Waals surface area contributed by atoms with Crippen LogP contribution in [0, 0.1) is 0 Å². The molecular formula is C15H23F2NOS. The van der Waals surface area contributed by atoms with Crippen molar-refractivity contribution >= 4 is 11.8 Å². The molecule has 1 N–H and O–H groups in total. The van der Waals surface area contributed by atoms with Gasteiger partial charge in [0.2, 0.25) is 0 Å². The monoisotopic (exact) mass is 303 g/mol. The molecular weight excluding hydrogens is 280 g/mol. The molecule has 0 amide bonds. The Hall–Kier alpha value is -0.810. The Morgan fingerprint density at radius 1 is 1.15 bits per heavy atom. The third-order valence-corrected chi connectivity index (χ3v) is 3.83. The molecule has 0 aliphatic rings. The van der Waals surface area contributed by atoms with Crippen molar-refractivity contribution in [2.45, 2.75) is 45.4 Å². The molecule has 0 spiro atoms. The summed E-state index contributed by atoms with van der Waals surface area (Å²) in [5.41, 5.74) is 1.14. The molecule has 0 aromatic heterocycles. The van der Waals surface area contributed by atoms with Gasteiger partial charge in [-0.15, -0.1) is 0 Å². The molecule has 1 aromatic rings. The highest BCUT2D eigenvalue weighted by Gasteiger charge is 2.08. The van der Waals surface area contributed by atoms with Crippen molar-refractivity contribution in [3.05, 3.63) is 29.8 Å². The maximum Gasteiger partial charge on any atom is 0.387 e. The lowest BCUT2D eigenvalue weighted by atomic mass is 10.1. The Balaban J connectivity index is 2.34. The summed E-state index contributed by atoms with van der Waals surface area (Å²) in [5.74, 6) is 1.31. The van der Waals surface area contributed by atoms with Gasteiger partial charge in [0.15, 0.2) is 0 Å². The molecule has 0 saturated heterocycles. The number of hydrogen-bond donors (Lipinski definition) is 1. The summed E-state index contributed by atoms with van der Waals surface area (Å²) >= 11 is 1.83. The number of halogens is 2. The fourth-order valence-electron chi connectivity index (χ4n) is 2.09. The lowest BCUT2D eigenvalue weighted by Gasteiger charge is -2.19. The molecule has 5 heteroatoms. The largest absolute Gasteiger partial charge is 0.435 e. The molecule has 0 radical (unpaired) electrons. The first-order chi connectivity index (χ1) is 9.51. The maximum absolute atomic E-state index is 12.0. The van der Waals surface area contributed by atoms with Crippen LogP contribution in [0.3, 0.4) is 0 Å². The number of alkyl halides is 2. The molecule has 2 atom stereocenters. The Morgan fingerprint density at radius 3 is 2.35 bits per heavy atom. The minimum Gasteiger partial charge on any atom is -0.435 e. The van der Waals surface area contributed by atoms with Gasteiger partial charge in [-0.1, -0.05) is 12.1 Å². The summed E-state index contributed by atoms with van der Waals surface area (Å²) in [6.07, 6.45) is 4.05. The van der Waals surface area contributed by atoms with Gasteiger partial charge in [0.05, 0.1) is 0 Å². The van der Waals surface area contributed by atoms with Gasteiger partial charge in [-0.3, -0.25) is 0 Å². The van der Waals surface area contributed by atoms with E-state index in [0.29, 0.717) is 12.1 Å². The molecule has 0 aliphatic heterocycles. The van der Waals surface area contributed by atoms with E-state index in [1.165, 1.54) is 0 Å². The van der Waals surface area contributed by atoms with E-state index >= 15 is 0 Å². The number of ether oxygens (including phenoxy) is 1. The number of nitrogens with one attached hydrogen (secondary N) is 1. The quantitative estimate of drug-likeness (QED) is 0.746. The van der Waals surface area contributed by atoms with Crippen LogP contribution in [0.4, 0.5) is 8.78 Å².